The van der Waals surface area contributed by atoms with E-state index >= 15 is 0 Å². The number of piperazine rings is 1. The van der Waals surface area contributed by atoms with Crippen molar-refractivity contribution in [2.75, 3.05) is 26.2 Å². The molecule has 0 bridgehead atoms. The second-order valence-electron chi connectivity index (χ2n) is 4.84. The molecule has 1 aliphatic rings. The quantitative estimate of drug-likeness (QED) is 0.885. The van der Waals surface area contributed by atoms with Crippen LogP contribution in [0, 0.1) is 0 Å². The number of benzene rings is 1. The molecule has 1 aromatic heterocycles. The number of nitrogens with zero attached hydrogens (tertiary/aromatic N) is 2. The van der Waals surface area contributed by atoms with E-state index in [1.54, 1.807) is 12.3 Å². The lowest BCUT2D eigenvalue weighted by molar-refractivity contribution is -0.274. The van der Waals surface area contributed by atoms with Crippen molar-refractivity contribution in [1.29, 1.82) is 0 Å². The van der Waals surface area contributed by atoms with Gasteiger partial charge in [-0.2, -0.15) is 5.10 Å². The van der Waals surface area contributed by atoms with Gasteiger partial charge in [0, 0.05) is 31.6 Å². The number of halogens is 3. The molecule has 3 rings (SSSR count). The summed E-state index contributed by atoms with van der Waals surface area (Å²) < 4.78 is 46.0. The van der Waals surface area contributed by atoms with Crippen molar-refractivity contribution in [1.82, 2.24) is 10.3 Å². The SMILES string of the molecule is FC(F)(F)Oc1ccc2oc(C=NN3CCNCC3)cc2c1. The molecule has 1 N–H and O–H groups in total. The van der Waals surface area contributed by atoms with Gasteiger partial charge in [-0.05, 0) is 24.3 Å². The minimum absolute atomic E-state index is 0.272. The van der Waals surface area contributed by atoms with Crippen molar-refractivity contribution < 1.29 is 22.3 Å². The van der Waals surface area contributed by atoms with E-state index in [9.17, 15) is 13.2 Å². The fraction of sp³-hybridized carbons (Fsp3) is 0.357. The normalized spacial score (nSPS) is 16.6. The summed E-state index contributed by atoms with van der Waals surface area (Å²) >= 11 is 0. The van der Waals surface area contributed by atoms with Gasteiger partial charge in [-0.3, -0.25) is 5.01 Å². The molecule has 0 amide bonds. The van der Waals surface area contributed by atoms with Crippen LogP contribution in [0.5, 0.6) is 5.75 Å². The number of furan rings is 1. The van der Waals surface area contributed by atoms with Gasteiger partial charge in [0.25, 0.3) is 0 Å². The first kappa shape index (κ1) is 14.7. The van der Waals surface area contributed by atoms with Gasteiger partial charge in [-0.15, -0.1) is 13.2 Å². The highest BCUT2D eigenvalue weighted by Gasteiger charge is 2.31. The van der Waals surface area contributed by atoms with Gasteiger partial charge < -0.3 is 14.5 Å². The highest BCUT2D eigenvalue weighted by Crippen LogP contribution is 2.27. The summed E-state index contributed by atoms with van der Waals surface area (Å²) in [5.41, 5.74) is 0.483. The molecule has 0 unspecified atom stereocenters. The van der Waals surface area contributed by atoms with Gasteiger partial charge in [0.2, 0.25) is 0 Å². The fourth-order valence-corrected chi connectivity index (χ4v) is 2.21. The Labute approximate surface area is 124 Å². The van der Waals surface area contributed by atoms with Gasteiger partial charge in [0.1, 0.15) is 17.1 Å². The molecular formula is C14H14F3N3O2. The van der Waals surface area contributed by atoms with Crippen molar-refractivity contribution in [2.45, 2.75) is 6.36 Å². The largest absolute Gasteiger partial charge is 0.573 e. The van der Waals surface area contributed by atoms with E-state index in [0.29, 0.717) is 16.7 Å². The molecule has 0 spiro atoms. The number of fused-ring (bicyclic) bond motifs is 1. The van der Waals surface area contributed by atoms with Crippen LogP contribution in [0.1, 0.15) is 5.76 Å². The van der Waals surface area contributed by atoms with E-state index in [1.165, 1.54) is 18.2 Å². The van der Waals surface area contributed by atoms with Crippen molar-refractivity contribution in [3.8, 4) is 5.75 Å². The van der Waals surface area contributed by atoms with E-state index in [4.69, 9.17) is 4.42 Å². The molecule has 118 valence electrons. The molecule has 22 heavy (non-hydrogen) atoms. The Morgan fingerprint density at radius 1 is 1.23 bits per heavy atom. The van der Waals surface area contributed by atoms with E-state index in [0.717, 1.165) is 26.2 Å². The van der Waals surface area contributed by atoms with Crippen molar-refractivity contribution >= 4 is 17.2 Å². The van der Waals surface area contributed by atoms with Crippen LogP contribution in [0.15, 0.2) is 33.8 Å². The van der Waals surface area contributed by atoms with E-state index < -0.39 is 6.36 Å². The van der Waals surface area contributed by atoms with E-state index in [1.807, 2.05) is 5.01 Å². The maximum Gasteiger partial charge on any atom is 0.573 e. The molecule has 0 saturated carbocycles. The van der Waals surface area contributed by atoms with Crippen LogP contribution in [0.2, 0.25) is 0 Å². The average molecular weight is 313 g/mol. The van der Waals surface area contributed by atoms with Crippen LogP contribution in [0.3, 0.4) is 0 Å². The number of nitrogens with one attached hydrogen (secondary N) is 1. The minimum Gasteiger partial charge on any atom is -0.455 e. The minimum atomic E-state index is -4.70. The summed E-state index contributed by atoms with van der Waals surface area (Å²) in [7, 11) is 0. The first-order chi connectivity index (χ1) is 10.5. The Balaban J connectivity index is 1.76. The zero-order valence-electron chi connectivity index (χ0n) is 11.6. The molecule has 0 atom stereocenters. The maximum absolute atomic E-state index is 12.2. The number of alkyl halides is 3. The molecule has 1 fully saturated rings. The first-order valence-corrected chi connectivity index (χ1v) is 6.79. The number of hydrogen-bond donors (Lipinski definition) is 1. The van der Waals surface area contributed by atoms with E-state index in [2.05, 4.69) is 15.2 Å². The zero-order chi connectivity index (χ0) is 15.6. The van der Waals surface area contributed by atoms with Crippen molar-refractivity contribution in [3.63, 3.8) is 0 Å². The maximum atomic E-state index is 12.2. The summed E-state index contributed by atoms with van der Waals surface area (Å²) in [5.74, 6) is 0.212. The van der Waals surface area contributed by atoms with Crippen LogP contribution in [-0.4, -0.2) is 43.8 Å². The third-order valence-electron chi connectivity index (χ3n) is 3.18. The van der Waals surface area contributed by atoms with Gasteiger partial charge in [-0.25, -0.2) is 0 Å². The lowest BCUT2D eigenvalue weighted by Crippen LogP contribution is -2.40. The summed E-state index contributed by atoms with van der Waals surface area (Å²) in [4.78, 5) is 0. The molecule has 1 saturated heterocycles. The van der Waals surface area contributed by atoms with Gasteiger partial charge in [0.15, 0.2) is 0 Å². The predicted molar refractivity (Wildman–Crippen MR) is 74.9 cm³/mol. The van der Waals surface area contributed by atoms with Gasteiger partial charge in [-0.1, -0.05) is 0 Å². The van der Waals surface area contributed by atoms with Crippen LogP contribution in [-0.2, 0) is 0 Å². The van der Waals surface area contributed by atoms with Crippen molar-refractivity contribution in [3.05, 3.63) is 30.0 Å². The third kappa shape index (κ3) is 3.70. The predicted octanol–water partition coefficient (Wildman–Crippen LogP) is 2.57. The summed E-state index contributed by atoms with van der Waals surface area (Å²) in [5, 5.41) is 9.94. The third-order valence-corrected chi connectivity index (χ3v) is 3.18. The monoisotopic (exact) mass is 313 g/mol. The molecule has 0 aliphatic carbocycles. The number of ether oxygens (including phenoxy) is 1. The standard InChI is InChI=1S/C14H14F3N3O2/c15-14(16,17)22-11-1-2-13-10(7-11)8-12(21-13)9-19-20-5-3-18-4-6-20/h1-2,7-9,18H,3-6H2. The summed E-state index contributed by atoms with van der Waals surface area (Å²) in [6.45, 7) is 3.35. The Kier molecular flexibility index (Phi) is 3.93. The molecule has 2 heterocycles. The van der Waals surface area contributed by atoms with Gasteiger partial charge in [0.05, 0.1) is 6.21 Å². The smallest absolute Gasteiger partial charge is 0.455 e. The highest BCUT2D eigenvalue weighted by atomic mass is 19.4. The molecule has 2 aromatic rings. The summed E-state index contributed by atoms with van der Waals surface area (Å²) in [6.07, 6.45) is -3.14. The second-order valence-corrected chi connectivity index (χ2v) is 4.84. The lowest BCUT2D eigenvalue weighted by atomic mass is 10.2. The molecular weight excluding hydrogens is 299 g/mol. The Bertz CT molecular complexity index is 676. The average Bonchev–Trinajstić information content (AvgIpc) is 2.86. The fourth-order valence-electron chi connectivity index (χ4n) is 2.21. The lowest BCUT2D eigenvalue weighted by Gasteiger charge is -2.23. The molecule has 1 aliphatic heterocycles. The molecule has 1 aromatic carbocycles. The van der Waals surface area contributed by atoms with Crippen LogP contribution < -0.4 is 10.1 Å². The zero-order valence-corrected chi connectivity index (χ0v) is 11.6. The van der Waals surface area contributed by atoms with Crippen LogP contribution in [0.25, 0.3) is 11.0 Å². The topological polar surface area (TPSA) is 50.0 Å². The molecule has 0 radical (unpaired) electrons. The summed E-state index contributed by atoms with van der Waals surface area (Å²) in [6, 6.07) is 5.58. The number of rotatable bonds is 3. The second kappa shape index (κ2) is 5.88. The van der Waals surface area contributed by atoms with Crippen molar-refractivity contribution in [2.24, 2.45) is 5.10 Å². The molecule has 8 heteroatoms. The number of hydrazone groups is 1. The van der Waals surface area contributed by atoms with E-state index in [-0.39, 0.29) is 5.75 Å². The Hall–Kier alpha value is -2.22. The first-order valence-electron chi connectivity index (χ1n) is 6.79. The van der Waals surface area contributed by atoms with Gasteiger partial charge >= 0.3 is 6.36 Å². The van der Waals surface area contributed by atoms with Crippen LogP contribution in [0.4, 0.5) is 13.2 Å². The number of hydrogen-bond acceptors (Lipinski definition) is 5. The Morgan fingerprint density at radius 2 is 2.00 bits per heavy atom. The van der Waals surface area contributed by atoms with Crippen LogP contribution >= 0.6 is 0 Å². The Morgan fingerprint density at radius 3 is 2.73 bits per heavy atom. The highest BCUT2D eigenvalue weighted by molar-refractivity contribution is 5.87. The molecule has 5 nitrogen and oxygen atoms in total.